The quantitative estimate of drug-likeness (QED) is 0.807. The monoisotopic (exact) mass is 272 g/mol. The molecule has 1 aromatic rings. The van der Waals surface area contributed by atoms with Gasteiger partial charge in [-0.1, -0.05) is 23.7 Å². The van der Waals surface area contributed by atoms with Gasteiger partial charge in [0.05, 0.1) is 0 Å². The van der Waals surface area contributed by atoms with Gasteiger partial charge in [0.2, 0.25) is 5.91 Å². The molecule has 0 atom stereocenters. The van der Waals surface area contributed by atoms with E-state index in [1.807, 2.05) is 29.6 Å². The van der Waals surface area contributed by atoms with Gasteiger partial charge in [-0.25, -0.2) is 4.79 Å². The molecule has 0 radical (unpaired) electrons. The molecule has 1 aromatic carbocycles. The summed E-state index contributed by atoms with van der Waals surface area (Å²) in [7, 11) is 0. The average Bonchev–Trinajstić information content (AvgIpc) is 2.26. The van der Waals surface area contributed by atoms with Gasteiger partial charge in [-0.15, -0.1) is 0 Å². The number of carbonyl (C=O) groups is 2. The van der Waals surface area contributed by atoms with Crippen LogP contribution in [0, 0.1) is 0 Å². The molecule has 3 N–H and O–H groups in total. The summed E-state index contributed by atoms with van der Waals surface area (Å²) < 4.78 is 0. The fourth-order valence-electron chi connectivity index (χ4n) is 1.14. The summed E-state index contributed by atoms with van der Waals surface area (Å²) in [5.41, 5.74) is 5.96. The largest absolute Gasteiger partial charge is 0.351 e. The summed E-state index contributed by atoms with van der Waals surface area (Å²) in [6.07, 6.45) is 0.279. The number of nitrogens with one attached hydrogen (secondary N) is 1. The number of hydrogen-bond acceptors (Lipinski definition) is 3. The number of primary amides is 1. The zero-order valence-electron chi connectivity index (χ0n) is 9.11. The number of carbonyl (C=O) groups excluding carboxylic acids is 2. The molecule has 0 aromatic heterocycles. The minimum atomic E-state index is -0.808. The Morgan fingerprint density at radius 3 is 2.53 bits per heavy atom. The third-order valence-corrected chi connectivity index (χ3v) is 3.20. The van der Waals surface area contributed by atoms with Crippen LogP contribution >= 0.6 is 23.4 Å². The number of nitrogens with two attached hydrogens (primary N) is 1. The fourth-order valence-corrected chi connectivity index (χ4v) is 2.16. The molecule has 0 saturated carbocycles. The van der Waals surface area contributed by atoms with Gasteiger partial charge in [-0.3, -0.25) is 10.1 Å². The molecule has 0 saturated heterocycles. The van der Waals surface area contributed by atoms with E-state index in [2.05, 4.69) is 0 Å². The van der Waals surface area contributed by atoms with E-state index in [0.717, 1.165) is 11.3 Å². The van der Waals surface area contributed by atoms with E-state index >= 15 is 0 Å². The SMILES string of the molecule is NC(=O)NC(=O)CCSCc1ccc(Cl)cc1. The summed E-state index contributed by atoms with van der Waals surface area (Å²) >= 11 is 7.37. The van der Waals surface area contributed by atoms with Crippen molar-refractivity contribution in [3.8, 4) is 0 Å². The Labute approximate surface area is 109 Å². The molecule has 0 unspecified atom stereocenters. The maximum Gasteiger partial charge on any atom is 0.318 e. The van der Waals surface area contributed by atoms with E-state index in [9.17, 15) is 9.59 Å². The van der Waals surface area contributed by atoms with Crippen LogP contribution in [0.1, 0.15) is 12.0 Å². The lowest BCUT2D eigenvalue weighted by Crippen LogP contribution is -2.35. The summed E-state index contributed by atoms with van der Waals surface area (Å²) in [6.45, 7) is 0. The van der Waals surface area contributed by atoms with Crippen LogP contribution < -0.4 is 11.1 Å². The number of imide groups is 1. The first-order valence-corrected chi connectivity index (χ1v) is 6.52. The number of benzene rings is 1. The number of hydrogen-bond donors (Lipinski definition) is 2. The Balaban J connectivity index is 2.18. The van der Waals surface area contributed by atoms with Gasteiger partial charge in [-0.2, -0.15) is 11.8 Å². The van der Waals surface area contributed by atoms with Crippen LogP contribution in [0.5, 0.6) is 0 Å². The molecule has 6 heteroatoms. The Morgan fingerprint density at radius 2 is 1.94 bits per heavy atom. The molecule has 0 fully saturated rings. The van der Waals surface area contributed by atoms with Gasteiger partial charge in [0.1, 0.15) is 0 Å². The molecular weight excluding hydrogens is 260 g/mol. The fraction of sp³-hybridized carbons (Fsp3) is 0.273. The second-order valence-electron chi connectivity index (χ2n) is 3.34. The molecule has 1 rings (SSSR count). The van der Waals surface area contributed by atoms with Crippen molar-refractivity contribution < 1.29 is 9.59 Å². The van der Waals surface area contributed by atoms with E-state index in [0.29, 0.717) is 10.8 Å². The highest BCUT2D eigenvalue weighted by atomic mass is 35.5. The highest BCUT2D eigenvalue weighted by Crippen LogP contribution is 2.15. The van der Waals surface area contributed by atoms with Crippen molar-refractivity contribution in [3.05, 3.63) is 34.9 Å². The van der Waals surface area contributed by atoms with Gasteiger partial charge < -0.3 is 5.73 Å². The standard InChI is InChI=1S/C11H13ClN2O2S/c12-9-3-1-8(2-4-9)7-17-6-5-10(15)14-11(13)16/h1-4H,5-7H2,(H3,13,14,15,16). The molecule has 0 aliphatic rings. The average molecular weight is 273 g/mol. The van der Waals surface area contributed by atoms with E-state index in [1.54, 1.807) is 11.8 Å². The van der Waals surface area contributed by atoms with Gasteiger partial charge in [0, 0.05) is 22.9 Å². The van der Waals surface area contributed by atoms with Crippen LogP contribution in [0.4, 0.5) is 4.79 Å². The normalized spacial score (nSPS) is 9.94. The number of rotatable bonds is 5. The summed E-state index contributed by atoms with van der Waals surface area (Å²) in [5.74, 6) is 1.10. The van der Waals surface area contributed by atoms with Crippen molar-refractivity contribution in [1.29, 1.82) is 0 Å². The second-order valence-corrected chi connectivity index (χ2v) is 4.88. The van der Waals surface area contributed by atoms with Gasteiger partial charge in [0.25, 0.3) is 0 Å². The Bertz CT molecular complexity index is 395. The first-order chi connectivity index (χ1) is 8.08. The summed E-state index contributed by atoms with van der Waals surface area (Å²) in [4.78, 5) is 21.4. The van der Waals surface area contributed by atoms with E-state index < -0.39 is 6.03 Å². The number of halogens is 1. The molecular formula is C11H13ClN2O2S. The lowest BCUT2D eigenvalue weighted by atomic mass is 10.2. The minimum Gasteiger partial charge on any atom is -0.351 e. The van der Waals surface area contributed by atoms with E-state index in [-0.39, 0.29) is 12.3 Å². The van der Waals surface area contributed by atoms with Crippen LogP contribution in [-0.4, -0.2) is 17.7 Å². The van der Waals surface area contributed by atoms with Crippen molar-refractivity contribution >= 4 is 35.3 Å². The van der Waals surface area contributed by atoms with Gasteiger partial charge in [-0.05, 0) is 17.7 Å². The number of amides is 3. The zero-order chi connectivity index (χ0) is 12.7. The van der Waals surface area contributed by atoms with Crippen LogP contribution in [0.3, 0.4) is 0 Å². The first-order valence-electron chi connectivity index (χ1n) is 4.99. The van der Waals surface area contributed by atoms with Crippen molar-refractivity contribution in [2.75, 3.05) is 5.75 Å². The predicted octanol–water partition coefficient (Wildman–Crippen LogP) is 2.16. The smallest absolute Gasteiger partial charge is 0.318 e. The Morgan fingerprint density at radius 1 is 1.29 bits per heavy atom. The van der Waals surface area contributed by atoms with Crippen molar-refractivity contribution in [2.24, 2.45) is 5.73 Å². The predicted molar refractivity (Wildman–Crippen MR) is 70.0 cm³/mol. The van der Waals surface area contributed by atoms with E-state index in [1.165, 1.54) is 0 Å². The molecule has 0 spiro atoms. The third kappa shape index (κ3) is 6.19. The molecule has 4 nitrogen and oxygen atoms in total. The molecule has 0 aliphatic carbocycles. The highest BCUT2D eigenvalue weighted by molar-refractivity contribution is 7.98. The zero-order valence-corrected chi connectivity index (χ0v) is 10.7. The van der Waals surface area contributed by atoms with Crippen LogP contribution in [0.25, 0.3) is 0 Å². The Kier molecular flexibility index (Phi) is 5.86. The number of urea groups is 1. The van der Waals surface area contributed by atoms with Crippen molar-refractivity contribution in [2.45, 2.75) is 12.2 Å². The van der Waals surface area contributed by atoms with Crippen molar-refractivity contribution in [3.63, 3.8) is 0 Å². The molecule has 92 valence electrons. The van der Waals surface area contributed by atoms with Crippen LogP contribution in [0.15, 0.2) is 24.3 Å². The summed E-state index contributed by atoms with van der Waals surface area (Å²) in [5, 5.41) is 2.73. The van der Waals surface area contributed by atoms with Gasteiger partial charge >= 0.3 is 6.03 Å². The third-order valence-electron chi connectivity index (χ3n) is 1.92. The topological polar surface area (TPSA) is 72.2 Å². The molecule has 17 heavy (non-hydrogen) atoms. The van der Waals surface area contributed by atoms with E-state index in [4.69, 9.17) is 17.3 Å². The molecule has 0 bridgehead atoms. The number of thioether (sulfide) groups is 1. The van der Waals surface area contributed by atoms with Gasteiger partial charge in [0.15, 0.2) is 0 Å². The lowest BCUT2D eigenvalue weighted by Gasteiger charge is -2.02. The molecule has 0 heterocycles. The minimum absolute atomic E-state index is 0.279. The maximum atomic E-state index is 11.1. The Hall–Kier alpha value is -1.20. The maximum absolute atomic E-state index is 11.1. The second kappa shape index (κ2) is 7.19. The molecule has 3 amide bonds. The first kappa shape index (κ1) is 13.9. The van der Waals surface area contributed by atoms with Crippen LogP contribution in [-0.2, 0) is 10.5 Å². The highest BCUT2D eigenvalue weighted by Gasteiger charge is 2.03. The van der Waals surface area contributed by atoms with Crippen molar-refractivity contribution in [1.82, 2.24) is 5.32 Å². The lowest BCUT2D eigenvalue weighted by molar-refractivity contribution is -0.119. The summed E-state index contributed by atoms with van der Waals surface area (Å²) in [6, 6.07) is 6.74. The van der Waals surface area contributed by atoms with Crippen LogP contribution in [0.2, 0.25) is 5.02 Å². The molecule has 0 aliphatic heterocycles.